The summed E-state index contributed by atoms with van der Waals surface area (Å²) in [5.41, 5.74) is 0. The Balaban J connectivity index is 7.61. The molecule has 0 heterocycles. The highest BCUT2D eigenvalue weighted by Gasteiger charge is 2.87. The summed E-state index contributed by atoms with van der Waals surface area (Å²) in [6.07, 6.45) is 0. The SMILES string of the molecule is OC(Cl)(Cl)C(Cl)(Cl)C(Cl)(Cl)C(Cl)(Cl)C(Cl)(Cl)C(Cl)(Cl)C(Cl)(Cl)C(Cl)(Cl)C(Cl)(Cl)C(Cl)(Cl)C(Cl)(Cl)C(Cl)(Cl)C(Cl)(Cl)C(Cl)(Cl)C(Cl)(Cl)Cl. The fourth-order valence-electron chi connectivity index (χ4n) is 2.54. The number of alkyl halides is 31. The summed E-state index contributed by atoms with van der Waals surface area (Å²) in [6, 6.07) is 0. The Bertz CT molecular complexity index is 1060. The summed E-state index contributed by atoms with van der Waals surface area (Å²) in [6.45, 7) is 0. The Kier molecular flexibility index (Phi) is 19.4. The average molecular weight is 1300 g/mol. The molecule has 0 spiro atoms. The van der Waals surface area contributed by atoms with Crippen LogP contribution >= 0.6 is 360 Å². The van der Waals surface area contributed by atoms with Crippen LogP contribution in [0.25, 0.3) is 0 Å². The number of hydrogen-bond donors (Lipinski definition) is 1. The van der Waals surface area contributed by atoms with Gasteiger partial charge in [-0.25, -0.2) is 0 Å². The molecule has 0 amide bonds. The first-order chi connectivity index (χ1) is 19.5. The van der Waals surface area contributed by atoms with Gasteiger partial charge in [0.15, 0.2) is 47.7 Å². The van der Waals surface area contributed by atoms with E-state index in [-0.39, 0.29) is 0 Å². The van der Waals surface area contributed by atoms with Crippen LogP contribution in [0.5, 0.6) is 0 Å². The second kappa shape index (κ2) is 16.3. The molecule has 0 bridgehead atoms. The lowest BCUT2D eigenvalue weighted by Crippen LogP contribution is -2.75. The minimum Gasteiger partial charge on any atom is -0.360 e. The average Bonchev–Trinajstić information content (AvgIpc) is 2.80. The van der Waals surface area contributed by atoms with Crippen molar-refractivity contribution in [2.45, 2.75) is 64.6 Å². The molecule has 0 rings (SSSR count). The second-order valence-corrected chi connectivity index (χ2v) is 29.3. The van der Waals surface area contributed by atoms with Gasteiger partial charge >= 0.3 is 0 Å². The molecule has 0 saturated heterocycles. The van der Waals surface area contributed by atoms with E-state index >= 15 is 0 Å². The lowest BCUT2D eigenvalue weighted by molar-refractivity contribution is 0.181. The smallest absolute Gasteiger partial charge is 0.251 e. The largest absolute Gasteiger partial charge is 0.360 e. The molecule has 47 heavy (non-hydrogen) atoms. The van der Waals surface area contributed by atoms with Crippen molar-refractivity contribution in [2.24, 2.45) is 0 Å². The third-order valence-corrected chi connectivity index (χ3v) is 27.2. The van der Waals surface area contributed by atoms with E-state index in [1.54, 1.807) is 0 Å². The van der Waals surface area contributed by atoms with Crippen LogP contribution in [0, 0.1) is 0 Å². The third kappa shape index (κ3) is 8.46. The van der Waals surface area contributed by atoms with Gasteiger partial charge in [-0.15, -0.1) is 0 Å². The molecule has 0 aliphatic carbocycles. The third-order valence-electron chi connectivity index (χ3n) is 5.47. The lowest BCUT2D eigenvalue weighted by atomic mass is 9.97. The monoisotopic (exact) mass is 1280 g/mol. The van der Waals surface area contributed by atoms with E-state index in [1.165, 1.54) is 0 Å². The van der Waals surface area contributed by atoms with Crippen LogP contribution in [0.2, 0.25) is 0 Å². The van der Waals surface area contributed by atoms with Crippen LogP contribution in [-0.2, 0) is 0 Å². The lowest BCUT2D eigenvalue weighted by Gasteiger charge is -2.58. The molecule has 284 valence electrons. The molecule has 0 aromatic heterocycles. The minimum atomic E-state index is -3.59. The second-order valence-electron chi connectivity index (χ2n) is 8.51. The minimum absolute atomic E-state index is 2.83. The van der Waals surface area contributed by atoms with Gasteiger partial charge in [0.05, 0.1) is 0 Å². The maximum absolute atomic E-state index is 10.1. The number of halogens is 31. The fourth-order valence-corrected chi connectivity index (χ4v) is 12.6. The number of hydrogen-bond acceptors (Lipinski definition) is 1. The Morgan fingerprint density at radius 1 is 0.170 bits per heavy atom. The van der Waals surface area contributed by atoms with Gasteiger partial charge in [0, 0.05) is 0 Å². The van der Waals surface area contributed by atoms with Crippen LogP contribution in [0.15, 0.2) is 0 Å². The highest BCUT2D eigenvalue weighted by Crippen LogP contribution is 2.77. The molecule has 0 aliphatic rings. The molecule has 1 N–H and O–H groups in total. The first kappa shape index (κ1) is 55.9. The molecule has 0 saturated carbocycles. The van der Waals surface area contributed by atoms with E-state index in [9.17, 15) is 5.11 Å². The molecule has 1 nitrogen and oxygen atoms in total. The van der Waals surface area contributed by atoms with Crippen molar-refractivity contribution in [1.29, 1.82) is 0 Å². The predicted octanol–water partition coefficient (Wildman–Crippen LogP) is 17.7. The fraction of sp³-hybridized carbons (Fsp3) is 1.00. The summed E-state index contributed by atoms with van der Waals surface area (Å²) < 4.78 is -50.7. The topological polar surface area (TPSA) is 20.2 Å². The molecule has 0 fully saturated rings. The summed E-state index contributed by atoms with van der Waals surface area (Å²) in [7, 11) is 0. The van der Waals surface area contributed by atoms with Crippen LogP contribution in [0.3, 0.4) is 0 Å². The van der Waals surface area contributed by atoms with Gasteiger partial charge in [0.25, 0.3) is 4.52 Å². The van der Waals surface area contributed by atoms with Gasteiger partial charge in [0.1, 0.15) is 0 Å². The van der Waals surface area contributed by atoms with Gasteiger partial charge in [0.2, 0.25) is 12.5 Å². The summed E-state index contributed by atoms with van der Waals surface area (Å²) in [5.74, 6) is 0. The Morgan fingerprint density at radius 3 is 0.383 bits per heavy atom. The van der Waals surface area contributed by atoms with Crippen molar-refractivity contribution in [3.8, 4) is 0 Å². The number of aliphatic hydroxyl groups is 1. The molecule has 0 aromatic carbocycles. The van der Waals surface area contributed by atoms with Crippen molar-refractivity contribution in [1.82, 2.24) is 0 Å². The Labute approximate surface area is 422 Å². The Morgan fingerprint density at radius 2 is 0.277 bits per heavy atom. The first-order valence-electron chi connectivity index (χ1n) is 9.58. The van der Waals surface area contributed by atoms with Crippen LogP contribution in [0.4, 0.5) is 0 Å². The predicted molar refractivity (Wildman–Crippen MR) is 225 cm³/mol. The zero-order chi connectivity index (χ0) is 39.5. The molecular weight excluding hydrogens is 1300 g/mol. The van der Waals surface area contributed by atoms with Gasteiger partial charge in [-0.1, -0.05) is 360 Å². The van der Waals surface area contributed by atoms with E-state index in [0.717, 1.165) is 0 Å². The van der Waals surface area contributed by atoms with Crippen LogP contribution in [0.1, 0.15) is 0 Å². The standard InChI is InChI=1S/C15HCl31O/c16-1(17,2(18,19)4(22,23)6(26,27)8(30,31)10(34,35)12(38,39)14(42,43)44)3(20,21)5(24,25)7(28,29)9(32,33)11(36,37)13(40,41)15(45,46)47/h47H. The van der Waals surface area contributed by atoms with Crippen molar-refractivity contribution in [2.75, 3.05) is 0 Å². The highest BCUT2D eigenvalue weighted by molar-refractivity contribution is 6.85. The highest BCUT2D eigenvalue weighted by atomic mass is 35.6. The molecule has 0 atom stereocenters. The summed E-state index contributed by atoms with van der Waals surface area (Å²) in [5, 5.41) is 10.1. The van der Waals surface area contributed by atoms with Crippen molar-refractivity contribution >= 4 is 360 Å². The zero-order valence-corrected chi connectivity index (χ0v) is 43.1. The van der Waals surface area contributed by atoms with E-state index in [0.29, 0.717) is 0 Å². The van der Waals surface area contributed by atoms with E-state index in [1.807, 2.05) is 0 Å². The maximum atomic E-state index is 10.1. The molecular formula is C15HCl31O. The zero-order valence-electron chi connectivity index (χ0n) is 19.7. The Hall–Kier alpha value is 8.95. The van der Waals surface area contributed by atoms with E-state index in [2.05, 4.69) is 0 Å². The van der Waals surface area contributed by atoms with Crippen molar-refractivity contribution in [3.05, 3.63) is 0 Å². The summed E-state index contributed by atoms with van der Waals surface area (Å²) >= 11 is 193. The van der Waals surface area contributed by atoms with Crippen molar-refractivity contribution in [3.63, 3.8) is 0 Å². The van der Waals surface area contributed by atoms with Gasteiger partial charge in [-0.05, 0) is 0 Å². The molecule has 0 aliphatic heterocycles. The molecule has 0 aromatic rings. The van der Waals surface area contributed by atoms with Gasteiger partial charge in [-0.3, -0.25) is 0 Å². The quantitative estimate of drug-likeness (QED) is 0.182. The maximum Gasteiger partial charge on any atom is 0.251 e. The van der Waals surface area contributed by atoms with E-state index < -0.39 is 64.6 Å². The normalized spacial score (nSPS) is 17.4. The van der Waals surface area contributed by atoms with Crippen LogP contribution < -0.4 is 0 Å². The molecule has 0 unspecified atom stereocenters. The van der Waals surface area contributed by atoms with E-state index in [4.69, 9.17) is 360 Å². The first-order valence-corrected chi connectivity index (χ1v) is 21.3. The van der Waals surface area contributed by atoms with Crippen LogP contribution in [-0.4, -0.2) is 69.8 Å². The van der Waals surface area contributed by atoms with Gasteiger partial charge < -0.3 is 5.11 Å². The summed E-state index contributed by atoms with van der Waals surface area (Å²) in [4.78, 5) is 0. The van der Waals surface area contributed by atoms with Crippen molar-refractivity contribution < 1.29 is 5.11 Å². The molecule has 32 heteroatoms. The number of rotatable bonds is 13. The van der Waals surface area contributed by atoms with Gasteiger partial charge in [-0.2, -0.15) is 0 Å². The molecule has 0 radical (unpaired) electrons.